The van der Waals surface area contributed by atoms with E-state index in [1.54, 1.807) is 6.07 Å². The highest BCUT2D eigenvalue weighted by atomic mass is 32.1. The Morgan fingerprint density at radius 1 is 1.03 bits per heavy atom. The molecular formula is C23H23FN2O2S. The maximum atomic E-state index is 13.9. The van der Waals surface area contributed by atoms with Crippen molar-refractivity contribution >= 4 is 28.2 Å². The number of aryl methyl sites for hydroxylation is 1. The fraction of sp³-hybridized carbons (Fsp3) is 0.217. The molecule has 0 aliphatic carbocycles. The summed E-state index contributed by atoms with van der Waals surface area (Å²) in [4.78, 5) is 25.6. The SMILES string of the molecule is Cc1sc(NC(=O)c2ccccc2F)c(C(N)=O)c1-c1ccc(C(C)(C)C)cc1. The smallest absolute Gasteiger partial charge is 0.259 e. The molecule has 3 N–H and O–H groups in total. The van der Waals surface area contributed by atoms with E-state index in [2.05, 4.69) is 26.1 Å². The lowest BCUT2D eigenvalue weighted by Gasteiger charge is -2.19. The topological polar surface area (TPSA) is 72.2 Å². The van der Waals surface area contributed by atoms with Crippen LogP contribution in [0.4, 0.5) is 9.39 Å². The number of carbonyl (C=O) groups is 2. The summed E-state index contributed by atoms with van der Waals surface area (Å²) in [5.41, 5.74) is 8.50. The van der Waals surface area contributed by atoms with Gasteiger partial charge in [0, 0.05) is 10.4 Å². The number of primary amides is 1. The molecule has 0 saturated carbocycles. The molecule has 0 unspecified atom stereocenters. The summed E-state index contributed by atoms with van der Waals surface area (Å²) in [5, 5.41) is 2.97. The third-order valence-corrected chi connectivity index (χ3v) is 5.74. The minimum absolute atomic E-state index is 0.00757. The van der Waals surface area contributed by atoms with Crippen LogP contribution in [0.15, 0.2) is 48.5 Å². The van der Waals surface area contributed by atoms with Crippen LogP contribution in [0.1, 0.15) is 51.9 Å². The third-order valence-electron chi connectivity index (χ3n) is 4.72. The van der Waals surface area contributed by atoms with Gasteiger partial charge in [0.2, 0.25) is 0 Å². The number of nitrogens with two attached hydrogens (primary N) is 1. The number of amides is 2. The fourth-order valence-electron chi connectivity index (χ4n) is 3.17. The van der Waals surface area contributed by atoms with Crippen molar-refractivity contribution in [3.05, 3.63) is 75.9 Å². The number of nitrogens with one attached hydrogen (secondary N) is 1. The van der Waals surface area contributed by atoms with Crippen LogP contribution >= 0.6 is 11.3 Å². The van der Waals surface area contributed by atoms with Crippen LogP contribution in [0.2, 0.25) is 0 Å². The molecule has 0 aliphatic rings. The van der Waals surface area contributed by atoms with Gasteiger partial charge in [0.25, 0.3) is 11.8 Å². The van der Waals surface area contributed by atoms with E-state index in [9.17, 15) is 14.0 Å². The number of thiophene rings is 1. The molecule has 2 amide bonds. The second kappa shape index (κ2) is 7.79. The van der Waals surface area contributed by atoms with Gasteiger partial charge in [-0.15, -0.1) is 11.3 Å². The highest BCUT2D eigenvalue weighted by molar-refractivity contribution is 7.17. The number of hydrogen-bond acceptors (Lipinski definition) is 3. The van der Waals surface area contributed by atoms with Gasteiger partial charge in [-0.05, 0) is 35.6 Å². The van der Waals surface area contributed by atoms with E-state index in [1.165, 1.54) is 35.1 Å². The van der Waals surface area contributed by atoms with Crippen molar-refractivity contribution in [2.75, 3.05) is 5.32 Å². The van der Waals surface area contributed by atoms with Crippen LogP contribution < -0.4 is 11.1 Å². The van der Waals surface area contributed by atoms with Crippen LogP contribution in [0.5, 0.6) is 0 Å². The van der Waals surface area contributed by atoms with Gasteiger partial charge in [-0.2, -0.15) is 0 Å². The summed E-state index contributed by atoms with van der Waals surface area (Å²) < 4.78 is 13.9. The maximum Gasteiger partial charge on any atom is 0.259 e. The molecule has 0 fully saturated rings. The Labute approximate surface area is 173 Å². The van der Waals surface area contributed by atoms with E-state index >= 15 is 0 Å². The van der Waals surface area contributed by atoms with Gasteiger partial charge >= 0.3 is 0 Å². The summed E-state index contributed by atoms with van der Waals surface area (Å²) in [5.74, 6) is -1.90. The normalized spacial score (nSPS) is 11.3. The van der Waals surface area contributed by atoms with E-state index in [4.69, 9.17) is 5.73 Å². The predicted molar refractivity (Wildman–Crippen MR) is 116 cm³/mol. The lowest BCUT2D eigenvalue weighted by Crippen LogP contribution is -2.18. The number of benzene rings is 2. The molecule has 1 aromatic heterocycles. The van der Waals surface area contributed by atoms with Gasteiger partial charge < -0.3 is 11.1 Å². The van der Waals surface area contributed by atoms with Crippen molar-refractivity contribution in [2.45, 2.75) is 33.1 Å². The predicted octanol–water partition coefficient (Wildman–Crippen LogP) is 5.51. The van der Waals surface area contributed by atoms with E-state index in [0.717, 1.165) is 10.4 Å². The van der Waals surface area contributed by atoms with Crippen LogP contribution in [0.25, 0.3) is 11.1 Å². The van der Waals surface area contributed by atoms with E-state index in [0.29, 0.717) is 10.6 Å². The van der Waals surface area contributed by atoms with Crippen molar-refractivity contribution < 1.29 is 14.0 Å². The number of anilines is 1. The molecule has 4 nitrogen and oxygen atoms in total. The Bertz CT molecular complexity index is 1080. The first kappa shape index (κ1) is 20.7. The molecule has 0 atom stereocenters. The molecule has 6 heteroatoms. The fourth-order valence-corrected chi connectivity index (χ4v) is 4.24. The Kier molecular flexibility index (Phi) is 5.57. The third kappa shape index (κ3) is 4.22. The monoisotopic (exact) mass is 410 g/mol. The van der Waals surface area contributed by atoms with Gasteiger partial charge in [-0.25, -0.2) is 4.39 Å². The second-order valence-corrected chi connectivity index (χ2v) is 9.09. The summed E-state index contributed by atoms with van der Waals surface area (Å²) >= 11 is 1.25. The van der Waals surface area contributed by atoms with Gasteiger partial charge in [-0.1, -0.05) is 57.2 Å². The molecule has 0 saturated heterocycles. The van der Waals surface area contributed by atoms with Crippen molar-refractivity contribution in [3.63, 3.8) is 0 Å². The summed E-state index contributed by atoms with van der Waals surface area (Å²) in [6.07, 6.45) is 0. The van der Waals surface area contributed by atoms with Gasteiger partial charge in [0.05, 0.1) is 11.1 Å². The molecule has 150 valence electrons. The van der Waals surface area contributed by atoms with Gasteiger partial charge in [0.1, 0.15) is 10.8 Å². The average molecular weight is 411 g/mol. The standard InChI is InChI=1S/C23H23FN2O2S/c1-13-18(14-9-11-15(12-10-14)23(2,3)4)19(20(25)27)22(29-13)26-21(28)16-7-5-6-8-17(16)24/h5-12H,1-4H3,(H2,25,27)(H,26,28). The maximum absolute atomic E-state index is 13.9. The summed E-state index contributed by atoms with van der Waals surface area (Å²) in [6.45, 7) is 8.25. The number of hydrogen-bond donors (Lipinski definition) is 2. The Balaban J connectivity index is 2.03. The first-order valence-electron chi connectivity index (χ1n) is 9.19. The second-order valence-electron chi connectivity index (χ2n) is 7.86. The summed E-state index contributed by atoms with van der Waals surface area (Å²) in [7, 11) is 0. The minimum Gasteiger partial charge on any atom is -0.365 e. The molecule has 2 aromatic carbocycles. The Morgan fingerprint density at radius 3 is 2.21 bits per heavy atom. The van der Waals surface area contributed by atoms with E-state index in [-0.39, 0.29) is 16.5 Å². The Hall–Kier alpha value is -2.99. The molecule has 0 spiro atoms. The lowest BCUT2D eigenvalue weighted by molar-refractivity contribution is 0.100. The van der Waals surface area contributed by atoms with Gasteiger partial charge in [-0.3, -0.25) is 9.59 Å². The van der Waals surface area contributed by atoms with Crippen molar-refractivity contribution in [1.82, 2.24) is 0 Å². The molecular weight excluding hydrogens is 387 g/mol. The quantitative estimate of drug-likeness (QED) is 0.595. The molecule has 29 heavy (non-hydrogen) atoms. The Morgan fingerprint density at radius 2 is 1.66 bits per heavy atom. The highest BCUT2D eigenvalue weighted by Crippen LogP contribution is 2.40. The van der Waals surface area contributed by atoms with Crippen LogP contribution in [-0.2, 0) is 5.41 Å². The van der Waals surface area contributed by atoms with Crippen LogP contribution in [0, 0.1) is 12.7 Å². The number of carbonyl (C=O) groups excluding carboxylic acids is 2. The highest BCUT2D eigenvalue weighted by Gasteiger charge is 2.24. The minimum atomic E-state index is -0.645. The molecule has 3 rings (SSSR count). The van der Waals surface area contributed by atoms with Gasteiger partial charge in [0.15, 0.2) is 0 Å². The van der Waals surface area contributed by atoms with Crippen LogP contribution in [-0.4, -0.2) is 11.8 Å². The number of rotatable bonds is 4. The zero-order valence-electron chi connectivity index (χ0n) is 16.8. The molecule has 3 aromatic rings. The van der Waals surface area contributed by atoms with Crippen molar-refractivity contribution in [2.24, 2.45) is 5.73 Å². The largest absolute Gasteiger partial charge is 0.365 e. The molecule has 0 bridgehead atoms. The molecule has 1 heterocycles. The molecule has 0 aliphatic heterocycles. The summed E-state index contributed by atoms with van der Waals surface area (Å²) in [6, 6.07) is 13.6. The van der Waals surface area contributed by atoms with E-state index < -0.39 is 17.6 Å². The lowest BCUT2D eigenvalue weighted by atomic mass is 9.86. The first-order chi connectivity index (χ1) is 13.6. The van der Waals surface area contributed by atoms with Crippen LogP contribution in [0.3, 0.4) is 0 Å². The van der Waals surface area contributed by atoms with Crippen molar-refractivity contribution in [3.8, 4) is 11.1 Å². The zero-order chi connectivity index (χ0) is 21.3. The first-order valence-corrected chi connectivity index (χ1v) is 10.0. The van der Waals surface area contributed by atoms with Crippen molar-refractivity contribution in [1.29, 1.82) is 0 Å². The van der Waals surface area contributed by atoms with E-state index in [1.807, 2.05) is 31.2 Å². The molecule has 0 radical (unpaired) electrons. The average Bonchev–Trinajstić information content (AvgIpc) is 2.97. The number of halogens is 1. The zero-order valence-corrected chi connectivity index (χ0v) is 17.6.